The lowest BCUT2D eigenvalue weighted by Crippen LogP contribution is -2.22. The molecule has 90 valence electrons. The Morgan fingerprint density at radius 3 is 2.50 bits per heavy atom. The molecule has 18 heavy (non-hydrogen) atoms. The molecule has 0 spiro atoms. The van der Waals surface area contributed by atoms with Gasteiger partial charge in [0, 0.05) is 5.69 Å². The number of rotatable bonds is 1. The summed E-state index contributed by atoms with van der Waals surface area (Å²) < 4.78 is 1.43. The molecule has 1 heterocycles. The van der Waals surface area contributed by atoms with Crippen molar-refractivity contribution in [3.8, 4) is 11.8 Å². The van der Waals surface area contributed by atoms with Gasteiger partial charge in [0.05, 0.1) is 15.7 Å². The molecule has 1 aromatic carbocycles. The van der Waals surface area contributed by atoms with Crippen LogP contribution in [0.5, 0.6) is 0 Å². The van der Waals surface area contributed by atoms with Crippen LogP contribution in [0.2, 0.25) is 10.0 Å². The van der Waals surface area contributed by atoms with E-state index < -0.39 is 0 Å². The van der Waals surface area contributed by atoms with E-state index in [1.165, 1.54) is 10.6 Å². The minimum atomic E-state index is -0.365. The van der Waals surface area contributed by atoms with Gasteiger partial charge in [-0.1, -0.05) is 23.2 Å². The number of pyridine rings is 1. The van der Waals surface area contributed by atoms with Crippen LogP contribution in [0.1, 0.15) is 11.3 Å². The predicted octanol–water partition coefficient (Wildman–Crippen LogP) is 3.32. The zero-order chi connectivity index (χ0) is 13.3. The SMILES string of the molecule is Cc1ccc(C#N)c(=O)n1-c1ccc(Cl)c(Cl)c1. The van der Waals surface area contributed by atoms with Gasteiger partial charge in [0.25, 0.3) is 5.56 Å². The van der Waals surface area contributed by atoms with Gasteiger partial charge in [-0.3, -0.25) is 9.36 Å². The van der Waals surface area contributed by atoms with E-state index >= 15 is 0 Å². The highest BCUT2D eigenvalue weighted by Crippen LogP contribution is 2.24. The molecule has 0 fully saturated rings. The highest BCUT2D eigenvalue weighted by Gasteiger charge is 2.09. The van der Waals surface area contributed by atoms with Crippen molar-refractivity contribution in [2.24, 2.45) is 0 Å². The van der Waals surface area contributed by atoms with Gasteiger partial charge >= 0.3 is 0 Å². The molecule has 2 aromatic rings. The lowest BCUT2D eigenvalue weighted by atomic mass is 10.2. The lowest BCUT2D eigenvalue weighted by molar-refractivity contribution is 0.928. The second-order valence-electron chi connectivity index (χ2n) is 3.74. The van der Waals surface area contributed by atoms with Crippen molar-refractivity contribution in [3.05, 3.63) is 62.0 Å². The first-order chi connectivity index (χ1) is 8.54. The summed E-state index contributed by atoms with van der Waals surface area (Å²) in [6.07, 6.45) is 0. The van der Waals surface area contributed by atoms with E-state index in [0.29, 0.717) is 15.7 Å². The summed E-state index contributed by atoms with van der Waals surface area (Å²) >= 11 is 11.8. The van der Waals surface area contributed by atoms with Gasteiger partial charge in [0.1, 0.15) is 11.6 Å². The van der Waals surface area contributed by atoms with Crippen LogP contribution in [0, 0.1) is 18.3 Å². The van der Waals surface area contributed by atoms with Gasteiger partial charge < -0.3 is 0 Å². The Morgan fingerprint density at radius 1 is 1.17 bits per heavy atom. The van der Waals surface area contributed by atoms with Gasteiger partial charge in [-0.25, -0.2) is 0 Å². The topological polar surface area (TPSA) is 45.8 Å². The normalized spacial score (nSPS) is 10.1. The molecular formula is C13H8Cl2N2O. The van der Waals surface area contributed by atoms with Crippen LogP contribution in [0.3, 0.4) is 0 Å². The quantitative estimate of drug-likeness (QED) is 0.803. The van der Waals surface area contributed by atoms with Gasteiger partial charge in [-0.05, 0) is 37.3 Å². The second-order valence-corrected chi connectivity index (χ2v) is 4.55. The molecular weight excluding hydrogens is 271 g/mol. The number of aryl methyl sites for hydroxylation is 1. The minimum Gasteiger partial charge on any atom is -0.280 e. The molecule has 5 heteroatoms. The highest BCUT2D eigenvalue weighted by molar-refractivity contribution is 6.42. The Kier molecular flexibility index (Phi) is 3.42. The molecule has 0 aliphatic carbocycles. The zero-order valence-electron chi connectivity index (χ0n) is 9.45. The standard InChI is InChI=1S/C13H8Cl2N2O/c1-8-2-3-9(7-16)13(18)17(8)10-4-5-11(14)12(15)6-10/h2-6H,1H3. The first-order valence-corrected chi connectivity index (χ1v) is 5.88. The average molecular weight is 279 g/mol. The van der Waals surface area contributed by atoms with Crippen LogP contribution in [0.4, 0.5) is 0 Å². The maximum atomic E-state index is 12.1. The molecule has 0 radical (unpaired) electrons. The fourth-order valence-corrected chi connectivity index (χ4v) is 1.95. The fraction of sp³-hybridized carbons (Fsp3) is 0.0769. The summed E-state index contributed by atoms with van der Waals surface area (Å²) in [5, 5.41) is 9.65. The second kappa shape index (κ2) is 4.85. The Morgan fingerprint density at radius 2 is 1.89 bits per heavy atom. The van der Waals surface area contributed by atoms with Crippen LogP contribution in [-0.2, 0) is 0 Å². The summed E-state index contributed by atoms with van der Waals surface area (Å²) in [5.74, 6) is 0. The van der Waals surface area contributed by atoms with Gasteiger partial charge in [0.15, 0.2) is 0 Å². The van der Waals surface area contributed by atoms with Crippen LogP contribution >= 0.6 is 23.2 Å². The Labute approximate surface area is 114 Å². The number of aromatic nitrogens is 1. The average Bonchev–Trinajstić information content (AvgIpc) is 2.34. The summed E-state index contributed by atoms with van der Waals surface area (Å²) in [6, 6.07) is 9.98. The van der Waals surface area contributed by atoms with Crippen LogP contribution in [0.25, 0.3) is 5.69 Å². The highest BCUT2D eigenvalue weighted by atomic mass is 35.5. The number of nitriles is 1. The molecule has 2 rings (SSSR count). The molecule has 3 nitrogen and oxygen atoms in total. The Bertz CT molecular complexity index is 714. The fourth-order valence-electron chi connectivity index (χ4n) is 1.66. The van der Waals surface area contributed by atoms with E-state index in [1.807, 2.05) is 6.07 Å². The minimum absolute atomic E-state index is 0.0895. The monoisotopic (exact) mass is 278 g/mol. The smallest absolute Gasteiger partial charge is 0.273 e. The molecule has 0 saturated carbocycles. The van der Waals surface area contributed by atoms with Crippen LogP contribution in [-0.4, -0.2) is 4.57 Å². The first-order valence-electron chi connectivity index (χ1n) is 5.13. The van der Waals surface area contributed by atoms with Crippen molar-refractivity contribution in [1.29, 1.82) is 5.26 Å². The molecule has 0 unspecified atom stereocenters. The van der Waals surface area contributed by atoms with Crippen molar-refractivity contribution in [2.75, 3.05) is 0 Å². The Hall–Kier alpha value is -1.76. The number of benzene rings is 1. The molecule has 0 aliphatic rings. The van der Waals surface area contributed by atoms with E-state index in [1.54, 1.807) is 31.2 Å². The van der Waals surface area contributed by atoms with E-state index in [-0.39, 0.29) is 11.1 Å². The molecule has 0 aliphatic heterocycles. The van der Waals surface area contributed by atoms with Crippen molar-refractivity contribution >= 4 is 23.2 Å². The van der Waals surface area contributed by atoms with Gasteiger partial charge in [0.2, 0.25) is 0 Å². The summed E-state index contributed by atoms with van der Waals surface area (Å²) in [7, 11) is 0. The van der Waals surface area contributed by atoms with E-state index in [2.05, 4.69) is 0 Å². The number of halogens is 2. The molecule has 0 bridgehead atoms. The van der Waals surface area contributed by atoms with Crippen molar-refractivity contribution < 1.29 is 0 Å². The van der Waals surface area contributed by atoms with Crippen LogP contribution < -0.4 is 5.56 Å². The molecule has 0 atom stereocenters. The van der Waals surface area contributed by atoms with E-state index in [9.17, 15) is 4.79 Å². The number of hydrogen-bond donors (Lipinski definition) is 0. The van der Waals surface area contributed by atoms with Crippen LogP contribution in [0.15, 0.2) is 35.1 Å². The third-order valence-corrected chi connectivity index (χ3v) is 3.30. The third-order valence-electron chi connectivity index (χ3n) is 2.56. The molecule has 0 N–H and O–H groups in total. The Balaban J connectivity index is 2.75. The number of hydrogen-bond acceptors (Lipinski definition) is 2. The first kappa shape index (κ1) is 12.7. The number of nitrogens with zero attached hydrogens (tertiary/aromatic N) is 2. The van der Waals surface area contributed by atoms with E-state index in [0.717, 1.165) is 5.69 Å². The van der Waals surface area contributed by atoms with Gasteiger partial charge in [-0.2, -0.15) is 5.26 Å². The van der Waals surface area contributed by atoms with Crippen molar-refractivity contribution in [2.45, 2.75) is 6.92 Å². The zero-order valence-corrected chi connectivity index (χ0v) is 11.0. The largest absolute Gasteiger partial charge is 0.280 e. The summed E-state index contributed by atoms with van der Waals surface area (Å²) in [4.78, 5) is 12.1. The molecule has 0 saturated heterocycles. The third kappa shape index (κ3) is 2.13. The van der Waals surface area contributed by atoms with Crippen molar-refractivity contribution in [3.63, 3.8) is 0 Å². The van der Waals surface area contributed by atoms with E-state index in [4.69, 9.17) is 28.5 Å². The molecule has 1 aromatic heterocycles. The van der Waals surface area contributed by atoms with Crippen molar-refractivity contribution in [1.82, 2.24) is 4.57 Å². The summed E-state index contributed by atoms with van der Waals surface area (Å²) in [6.45, 7) is 1.78. The maximum Gasteiger partial charge on any atom is 0.273 e. The predicted molar refractivity (Wildman–Crippen MR) is 71.5 cm³/mol. The summed E-state index contributed by atoms with van der Waals surface area (Å²) in [5.41, 5.74) is 1.03. The maximum absolute atomic E-state index is 12.1. The lowest BCUT2D eigenvalue weighted by Gasteiger charge is -2.10. The van der Waals surface area contributed by atoms with Gasteiger partial charge in [-0.15, -0.1) is 0 Å². The molecule has 0 amide bonds.